The number of primary amides is 1. The standard InChI is InChI=1S/C25H23FN6O2/c26-18-1-3-19(4-2-18)32-22-9-16-11-28-30-21(16)10-20(22)24(25(32)15-5-7-34-8-6-15)17-12-29-31(13-17)14-23(27)33/h1-4,9-13,15H,5-8,14H2,(H2,27,33)(H,28,30). The van der Waals surface area contributed by atoms with E-state index in [1.807, 2.05) is 6.20 Å². The predicted molar refractivity (Wildman–Crippen MR) is 126 cm³/mol. The predicted octanol–water partition coefficient (Wildman–Crippen LogP) is 3.89. The van der Waals surface area contributed by atoms with Gasteiger partial charge >= 0.3 is 0 Å². The van der Waals surface area contributed by atoms with Crippen molar-refractivity contribution in [1.29, 1.82) is 0 Å². The van der Waals surface area contributed by atoms with Crippen molar-refractivity contribution in [3.05, 3.63) is 66.5 Å². The quantitative estimate of drug-likeness (QED) is 0.417. The number of nitrogens with zero attached hydrogens (tertiary/aromatic N) is 4. The summed E-state index contributed by atoms with van der Waals surface area (Å²) < 4.78 is 23.3. The number of aromatic amines is 1. The van der Waals surface area contributed by atoms with Crippen molar-refractivity contribution in [3.8, 4) is 16.8 Å². The second-order valence-electron chi connectivity index (χ2n) is 8.68. The van der Waals surface area contributed by atoms with Crippen molar-refractivity contribution >= 4 is 27.7 Å². The molecule has 0 unspecified atom stereocenters. The van der Waals surface area contributed by atoms with Gasteiger partial charge in [-0.15, -0.1) is 0 Å². The molecule has 4 heterocycles. The Morgan fingerprint density at radius 2 is 1.97 bits per heavy atom. The molecule has 0 aliphatic carbocycles. The summed E-state index contributed by atoms with van der Waals surface area (Å²) in [5.41, 5.74) is 11.3. The first-order valence-corrected chi connectivity index (χ1v) is 11.2. The zero-order valence-electron chi connectivity index (χ0n) is 18.4. The second-order valence-corrected chi connectivity index (χ2v) is 8.68. The number of benzene rings is 2. The molecule has 2 aromatic carbocycles. The zero-order chi connectivity index (χ0) is 23.2. The second kappa shape index (κ2) is 8.11. The van der Waals surface area contributed by atoms with Crippen molar-refractivity contribution in [2.45, 2.75) is 25.3 Å². The number of carbonyl (C=O) groups is 1. The molecule has 1 fully saturated rings. The third-order valence-electron chi connectivity index (χ3n) is 6.50. The van der Waals surface area contributed by atoms with Crippen LogP contribution >= 0.6 is 0 Å². The van der Waals surface area contributed by atoms with Crippen LogP contribution in [0.4, 0.5) is 4.39 Å². The maximum Gasteiger partial charge on any atom is 0.239 e. The summed E-state index contributed by atoms with van der Waals surface area (Å²) in [6, 6.07) is 10.8. The number of halogens is 1. The molecular formula is C25H23FN6O2. The van der Waals surface area contributed by atoms with Gasteiger partial charge in [-0.3, -0.25) is 14.6 Å². The summed E-state index contributed by atoms with van der Waals surface area (Å²) in [4.78, 5) is 11.5. The number of ether oxygens (including phenoxy) is 1. The molecule has 172 valence electrons. The lowest BCUT2D eigenvalue weighted by atomic mass is 9.91. The van der Waals surface area contributed by atoms with E-state index in [-0.39, 0.29) is 18.3 Å². The smallest absolute Gasteiger partial charge is 0.239 e. The minimum absolute atomic E-state index is 0.00794. The molecule has 5 aromatic rings. The molecule has 0 atom stereocenters. The van der Waals surface area contributed by atoms with Crippen LogP contribution in [-0.2, 0) is 16.1 Å². The first-order chi connectivity index (χ1) is 16.6. The molecule has 34 heavy (non-hydrogen) atoms. The van der Waals surface area contributed by atoms with Crippen molar-refractivity contribution in [2.24, 2.45) is 5.73 Å². The normalized spacial score (nSPS) is 14.9. The number of amides is 1. The van der Waals surface area contributed by atoms with Crippen LogP contribution in [0.25, 0.3) is 38.6 Å². The molecule has 8 nitrogen and oxygen atoms in total. The van der Waals surface area contributed by atoms with Crippen molar-refractivity contribution in [2.75, 3.05) is 13.2 Å². The highest BCUT2D eigenvalue weighted by molar-refractivity contribution is 6.05. The molecule has 9 heteroatoms. The van der Waals surface area contributed by atoms with Gasteiger partial charge in [-0.05, 0) is 49.2 Å². The fraction of sp³-hybridized carbons (Fsp3) is 0.240. The molecule has 1 amide bonds. The van der Waals surface area contributed by atoms with E-state index in [4.69, 9.17) is 10.5 Å². The van der Waals surface area contributed by atoms with E-state index >= 15 is 0 Å². The molecule has 1 aliphatic heterocycles. The lowest BCUT2D eigenvalue weighted by Gasteiger charge is -2.25. The highest BCUT2D eigenvalue weighted by Gasteiger charge is 2.29. The first kappa shape index (κ1) is 20.6. The molecule has 6 rings (SSSR count). The summed E-state index contributed by atoms with van der Waals surface area (Å²) in [7, 11) is 0. The van der Waals surface area contributed by atoms with E-state index < -0.39 is 5.91 Å². The molecule has 1 aliphatic rings. The van der Waals surface area contributed by atoms with Gasteiger partial charge in [-0.25, -0.2) is 4.39 Å². The number of hydrogen-bond donors (Lipinski definition) is 2. The van der Waals surface area contributed by atoms with Crippen molar-refractivity contribution in [3.63, 3.8) is 0 Å². The van der Waals surface area contributed by atoms with Gasteiger partial charge in [0.15, 0.2) is 0 Å². The van der Waals surface area contributed by atoms with Gasteiger partial charge in [0.2, 0.25) is 5.91 Å². The lowest BCUT2D eigenvalue weighted by molar-refractivity contribution is -0.118. The van der Waals surface area contributed by atoms with Gasteiger partial charge in [-0.2, -0.15) is 10.2 Å². The van der Waals surface area contributed by atoms with Crippen LogP contribution in [0.2, 0.25) is 0 Å². The monoisotopic (exact) mass is 458 g/mol. The maximum atomic E-state index is 13.8. The Labute approximate surface area is 194 Å². The molecule has 1 saturated heterocycles. The SMILES string of the molecule is NC(=O)Cn1cc(-c2c(C3CCOCC3)n(-c3ccc(F)cc3)c3cc4cn[nH]c4cc23)cn1. The van der Waals surface area contributed by atoms with E-state index in [1.165, 1.54) is 12.1 Å². The maximum absolute atomic E-state index is 13.8. The van der Waals surface area contributed by atoms with E-state index in [2.05, 4.69) is 32.0 Å². The van der Waals surface area contributed by atoms with Crippen LogP contribution in [0, 0.1) is 5.82 Å². The number of rotatable bonds is 5. The van der Waals surface area contributed by atoms with Gasteiger partial charge in [0.25, 0.3) is 0 Å². The number of aromatic nitrogens is 5. The number of carbonyl (C=O) groups excluding carboxylic acids is 1. The highest BCUT2D eigenvalue weighted by atomic mass is 19.1. The highest BCUT2D eigenvalue weighted by Crippen LogP contribution is 2.44. The average molecular weight is 458 g/mol. The van der Waals surface area contributed by atoms with Gasteiger partial charge in [0, 0.05) is 58.6 Å². The Balaban J connectivity index is 1.69. The molecule has 0 saturated carbocycles. The Bertz CT molecular complexity index is 1510. The van der Waals surface area contributed by atoms with Crippen LogP contribution in [0.5, 0.6) is 0 Å². The van der Waals surface area contributed by atoms with Crippen molar-refractivity contribution < 1.29 is 13.9 Å². The number of nitrogens with one attached hydrogen (secondary N) is 1. The van der Waals surface area contributed by atoms with Crippen LogP contribution in [0.3, 0.4) is 0 Å². The van der Waals surface area contributed by atoms with E-state index in [0.29, 0.717) is 13.2 Å². The van der Waals surface area contributed by atoms with E-state index in [0.717, 1.165) is 57.2 Å². The Kier molecular flexibility index (Phi) is 4.91. The lowest BCUT2D eigenvalue weighted by Crippen LogP contribution is -2.18. The number of H-pyrrole nitrogens is 1. The summed E-state index contributed by atoms with van der Waals surface area (Å²) in [5.74, 6) is -0.498. The third-order valence-corrected chi connectivity index (χ3v) is 6.50. The third kappa shape index (κ3) is 3.45. The largest absolute Gasteiger partial charge is 0.381 e. The topological polar surface area (TPSA) is 104 Å². The Morgan fingerprint density at radius 3 is 2.74 bits per heavy atom. The number of fused-ring (bicyclic) bond motifs is 2. The fourth-order valence-corrected chi connectivity index (χ4v) is 5.01. The molecule has 0 radical (unpaired) electrons. The van der Waals surface area contributed by atoms with E-state index in [1.54, 1.807) is 29.2 Å². The van der Waals surface area contributed by atoms with Crippen LogP contribution in [-0.4, -0.2) is 43.7 Å². The molecule has 0 bridgehead atoms. The van der Waals surface area contributed by atoms with Crippen molar-refractivity contribution in [1.82, 2.24) is 24.5 Å². The minimum Gasteiger partial charge on any atom is -0.381 e. The Hall–Kier alpha value is -3.98. The van der Waals surface area contributed by atoms with Gasteiger partial charge in [0.05, 0.1) is 23.4 Å². The summed E-state index contributed by atoms with van der Waals surface area (Å²) in [6.45, 7) is 1.37. The molecular weight excluding hydrogens is 435 g/mol. The fourth-order valence-electron chi connectivity index (χ4n) is 5.01. The summed E-state index contributed by atoms with van der Waals surface area (Å²) >= 11 is 0. The van der Waals surface area contributed by atoms with Crippen LogP contribution < -0.4 is 5.73 Å². The van der Waals surface area contributed by atoms with Gasteiger partial charge < -0.3 is 15.0 Å². The molecule has 3 aromatic heterocycles. The van der Waals surface area contributed by atoms with E-state index in [9.17, 15) is 9.18 Å². The van der Waals surface area contributed by atoms with Crippen LogP contribution in [0.15, 0.2) is 55.0 Å². The molecule has 0 spiro atoms. The number of nitrogens with two attached hydrogens (primary N) is 1. The average Bonchev–Trinajstić information content (AvgIpc) is 3.55. The first-order valence-electron chi connectivity index (χ1n) is 11.2. The number of hydrogen-bond acceptors (Lipinski definition) is 4. The van der Waals surface area contributed by atoms with Gasteiger partial charge in [0.1, 0.15) is 12.4 Å². The molecule has 3 N–H and O–H groups in total. The summed E-state index contributed by atoms with van der Waals surface area (Å²) in [5, 5.41) is 13.7. The Morgan fingerprint density at radius 1 is 1.18 bits per heavy atom. The summed E-state index contributed by atoms with van der Waals surface area (Å²) in [6.07, 6.45) is 7.18. The zero-order valence-corrected chi connectivity index (χ0v) is 18.4. The van der Waals surface area contributed by atoms with Crippen LogP contribution in [0.1, 0.15) is 24.5 Å². The minimum atomic E-state index is -0.452. The van der Waals surface area contributed by atoms with Gasteiger partial charge in [-0.1, -0.05) is 0 Å².